The van der Waals surface area contributed by atoms with Crippen molar-refractivity contribution in [3.63, 3.8) is 0 Å². The first-order chi connectivity index (χ1) is 12.2. The van der Waals surface area contributed by atoms with Crippen LogP contribution in [0, 0.1) is 0 Å². The van der Waals surface area contributed by atoms with E-state index in [4.69, 9.17) is 4.74 Å². The Morgan fingerprint density at radius 1 is 1.20 bits per heavy atom. The van der Waals surface area contributed by atoms with E-state index in [0.29, 0.717) is 36.4 Å². The minimum Gasteiger partial charge on any atom is -0.474 e. The topological polar surface area (TPSA) is 66.8 Å². The molecule has 0 aromatic heterocycles. The molecule has 2 aromatic carbocycles. The van der Waals surface area contributed by atoms with Crippen LogP contribution in [-0.4, -0.2) is 29.9 Å². The van der Waals surface area contributed by atoms with Crippen molar-refractivity contribution in [1.29, 1.82) is 0 Å². The van der Waals surface area contributed by atoms with Crippen LogP contribution in [0.15, 0.2) is 48.5 Å². The Kier molecular flexibility index (Phi) is 5.14. The van der Waals surface area contributed by atoms with Crippen LogP contribution in [0.2, 0.25) is 0 Å². The summed E-state index contributed by atoms with van der Waals surface area (Å²) in [5, 5.41) is 9.17. The molecular weight excluding hydrogens is 318 g/mol. The molecule has 1 aliphatic rings. The molecule has 0 saturated heterocycles. The molecule has 1 aliphatic heterocycles. The van der Waals surface area contributed by atoms with Crippen molar-refractivity contribution in [3.8, 4) is 5.75 Å². The highest BCUT2D eigenvalue weighted by Gasteiger charge is 2.35. The minimum absolute atomic E-state index is 0.0104. The predicted octanol–water partition coefficient (Wildman–Crippen LogP) is 3.13. The van der Waals surface area contributed by atoms with Gasteiger partial charge in [0, 0.05) is 30.7 Å². The van der Waals surface area contributed by atoms with E-state index in [2.05, 4.69) is 0 Å². The van der Waals surface area contributed by atoms with E-state index in [-0.39, 0.29) is 18.3 Å². The molecule has 1 N–H and O–H groups in total. The summed E-state index contributed by atoms with van der Waals surface area (Å²) in [6.07, 6.45) is 0.135. The number of carbonyl (C=O) groups excluding carboxylic acids is 2. The normalized spacial score (nSPS) is 16.3. The molecule has 0 fully saturated rings. The number of ketones is 1. The number of nitrogens with zero attached hydrogens (tertiary/aromatic N) is 1. The maximum atomic E-state index is 13.0. The van der Waals surface area contributed by atoms with E-state index in [1.165, 1.54) is 0 Å². The van der Waals surface area contributed by atoms with Gasteiger partial charge in [-0.3, -0.25) is 9.59 Å². The van der Waals surface area contributed by atoms with Crippen molar-refractivity contribution in [2.75, 3.05) is 18.1 Å². The summed E-state index contributed by atoms with van der Waals surface area (Å²) in [5.74, 6) is 0.398. The van der Waals surface area contributed by atoms with Gasteiger partial charge < -0.3 is 14.7 Å². The Morgan fingerprint density at radius 3 is 2.64 bits per heavy atom. The Bertz CT molecular complexity index is 773. The molecule has 3 rings (SSSR count). The average molecular weight is 339 g/mol. The van der Waals surface area contributed by atoms with Gasteiger partial charge in [0.15, 0.2) is 5.78 Å². The van der Waals surface area contributed by atoms with E-state index in [1.807, 2.05) is 30.3 Å². The van der Waals surface area contributed by atoms with Crippen LogP contribution >= 0.6 is 0 Å². The first-order valence-electron chi connectivity index (χ1n) is 8.46. The largest absolute Gasteiger partial charge is 0.474 e. The van der Waals surface area contributed by atoms with Crippen LogP contribution in [0.1, 0.15) is 41.8 Å². The molecule has 0 radical (unpaired) electrons. The molecule has 0 saturated carbocycles. The Morgan fingerprint density at radius 2 is 1.96 bits per heavy atom. The smallest absolute Gasteiger partial charge is 0.272 e. The Labute approximate surface area is 146 Å². The number of carbonyl (C=O) groups is 2. The summed E-state index contributed by atoms with van der Waals surface area (Å²) in [4.78, 5) is 26.6. The number of aliphatic hydroxyl groups excluding tert-OH is 1. The SMILES string of the molecule is CCC(=O)c1ccc2c(c1)N(CCCO)C(=O)C(c1ccccc1)O2. The molecule has 1 amide bonds. The number of hydrogen-bond donors (Lipinski definition) is 1. The number of Topliss-reactive ketones (excluding diaryl/α,β-unsaturated/α-hetero) is 1. The fourth-order valence-electron chi connectivity index (χ4n) is 2.94. The summed E-state index contributed by atoms with van der Waals surface area (Å²) >= 11 is 0. The number of anilines is 1. The number of benzene rings is 2. The van der Waals surface area contributed by atoms with Gasteiger partial charge in [-0.15, -0.1) is 0 Å². The van der Waals surface area contributed by atoms with Gasteiger partial charge in [0.25, 0.3) is 5.91 Å². The lowest BCUT2D eigenvalue weighted by Crippen LogP contribution is -2.42. The predicted molar refractivity (Wildman–Crippen MR) is 94.9 cm³/mol. The second-order valence-electron chi connectivity index (χ2n) is 5.93. The van der Waals surface area contributed by atoms with Gasteiger partial charge in [-0.2, -0.15) is 0 Å². The van der Waals surface area contributed by atoms with E-state index < -0.39 is 6.10 Å². The molecular formula is C20H21NO4. The first kappa shape index (κ1) is 17.2. The van der Waals surface area contributed by atoms with Gasteiger partial charge >= 0.3 is 0 Å². The lowest BCUT2D eigenvalue weighted by molar-refractivity contribution is -0.126. The van der Waals surface area contributed by atoms with Gasteiger partial charge in [0.2, 0.25) is 6.10 Å². The fourth-order valence-corrected chi connectivity index (χ4v) is 2.94. The number of ether oxygens (including phenoxy) is 1. The lowest BCUT2D eigenvalue weighted by Gasteiger charge is -2.34. The molecule has 130 valence electrons. The van der Waals surface area contributed by atoms with Crippen LogP contribution < -0.4 is 9.64 Å². The van der Waals surface area contributed by atoms with Crippen LogP contribution in [0.3, 0.4) is 0 Å². The average Bonchev–Trinajstić information content (AvgIpc) is 2.66. The molecule has 5 heteroatoms. The summed E-state index contributed by atoms with van der Waals surface area (Å²) in [7, 11) is 0. The third-order valence-electron chi connectivity index (χ3n) is 4.27. The van der Waals surface area contributed by atoms with Crippen molar-refractivity contribution in [2.24, 2.45) is 0 Å². The summed E-state index contributed by atoms with van der Waals surface area (Å²) < 4.78 is 5.94. The third kappa shape index (κ3) is 3.42. The number of amides is 1. The Hall–Kier alpha value is -2.66. The number of aliphatic hydroxyl groups is 1. The molecule has 0 spiro atoms. The van der Waals surface area contributed by atoms with Crippen LogP contribution in [0.25, 0.3) is 0 Å². The van der Waals surface area contributed by atoms with Crippen molar-refractivity contribution >= 4 is 17.4 Å². The second kappa shape index (κ2) is 7.49. The van der Waals surface area contributed by atoms with Crippen LogP contribution in [0.4, 0.5) is 5.69 Å². The summed E-state index contributed by atoms with van der Waals surface area (Å²) in [6.45, 7) is 2.17. The Balaban J connectivity index is 2.02. The maximum absolute atomic E-state index is 13.0. The zero-order valence-corrected chi connectivity index (χ0v) is 14.1. The van der Waals surface area contributed by atoms with Gasteiger partial charge in [0.05, 0.1) is 5.69 Å². The molecule has 0 aliphatic carbocycles. The monoisotopic (exact) mass is 339 g/mol. The molecule has 1 atom stereocenters. The van der Waals surface area contributed by atoms with E-state index in [1.54, 1.807) is 30.0 Å². The number of rotatable bonds is 6. The summed E-state index contributed by atoms with van der Waals surface area (Å²) in [6, 6.07) is 14.5. The molecule has 25 heavy (non-hydrogen) atoms. The van der Waals surface area contributed by atoms with Crippen LogP contribution in [-0.2, 0) is 4.79 Å². The zero-order valence-electron chi connectivity index (χ0n) is 14.1. The quantitative estimate of drug-likeness (QED) is 0.821. The number of fused-ring (bicyclic) bond motifs is 1. The minimum atomic E-state index is -0.722. The van der Waals surface area contributed by atoms with Gasteiger partial charge in [-0.1, -0.05) is 37.3 Å². The first-order valence-corrected chi connectivity index (χ1v) is 8.46. The van der Waals surface area contributed by atoms with Gasteiger partial charge in [-0.25, -0.2) is 0 Å². The highest BCUT2D eigenvalue weighted by Crippen LogP contribution is 2.39. The third-order valence-corrected chi connectivity index (χ3v) is 4.27. The van der Waals surface area contributed by atoms with Crippen molar-refractivity contribution in [1.82, 2.24) is 0 Å². The lowest BCUT2D eigenvalue weighted by atomic mass is 10.0. The number of hydrogen-bond acceptors (Lipinski definition) is 4. The van der Waals surface area contributed by atoms with Crippen molar-refractivity contribution in [2.45, 2.75) is 25.9 Å². The molecule has 1 unspecified atom stereocenters. The zero-order chi connectivity index (χ0) is 17.8. The highest BCUT2D eigenvalue weighted by molar-refractivity contribution is 6.03. The van der Waals surface area contributed by atoms with Gasteiger partial charge in [0.1, 0.15) is 5.75 Å². The van der Waals surface area contributed by atoms with E-state index in [0.717, 1.165) is 5.56 Å². The standard InChI is InChI=1S/C20H21NO4/c1-2-17(23)15-9-10-18-16(13-15)21(11-6-12-22)20(24)19(25-18)14-7-4-3-5-8-14/h3-5,7-10,13,19,22H,2,6,11-12H2,1H3. The maximum Gasteiger partial charge on any atom is 0.272 e. The van der Waals surface area contributed by atoms with Crippen LogP contribution in [0.5, 0.6) is 5.75 Å². The van der Waals surface area contributed by atoms with Crippen molar-refractivity contribution < 1.29 is 19.4 Å². The second-order valence-corrected chi connectivity index (χ2v) is 5.93. The molecule has 1 heterocycles. The molecule has 2 aromatic rings. The van der Waals surface area contributed by atoms with Gasteiger partial charge in [-0.05, 0) is 24.6 Å². The van der Waals surface area contributed by atoms with E-state index >= 15 is 0 Å². The molecule has 0 bridgehead atoms. The highest BCUT2D eigenvalue weighted by atomic mass is 16.5. The summed E-state index contributed by atoms with van der Waals surface area (Å²) in [5.41, 5.74) is 1.93. The fraction of sp³-hybridized carbons (Fsp3) is 0.300. The van der Waals surface area contributed by atoms with Crippen molar-refractivity contribution in [3.05, 3.63) is 59.7 Å². The molecule has 5 nitrogen and oxygen atoms in total. The van der Waals surface area contributed by atoms with E-state index in [9.17, 15) is 14.7 Å².